The molecule has 1 aromatic rings. The van der Waals surface area contributed by atoms with Gasteiger partial charge in [-0.3, -0.25) is 9.69 Å². The van der Waals surface area contributed by atoms with E-state index in [2.05, 4.69) is 11.8 Å². The van der Waals surface area contributed by atoms with Crippen LogP contribution in [-0.4, -0.2) is 59.1 Å². The van der Waals surface area contributed by atoms with Crippen molar-refractivity contribution < 1.29 is 9.90 Å². The zero-order valence-electron chi connectivity index (χ0n) is 13.5. The first-order chi connectivity index (χ1) is 10.4. The summed E-state index contributed by atoms with van der Waals surface area (Å²) in [6, 6.07) is 7.35. The highest BCUT2D eigenvalue weighted by molar-refractivity contribution is 6.30. The number of β-amino-alcohol motifs (C(OH)–C–C–N with tert-alkyl or cyclic N) is 1. The maximum Gasteiger partial charge on any atom is 0.253 e. The summed E-state index contributed by atoms with van der Waals surface area (Å²) in [5.74, 6) is 0.0174. The lowest BCUT2D eigenvalue weighted by Gasteiger charge is -2.46. The number of halogens is 1. The Labute approximate surface area is 137 Å². The van der Waals surface area contributed by atoms with Crippen molar-refractivity contribution in [3.8, 4) is 0 Å². The van der Waals surface area contributed by atoms with E-state index in [1.165, 1.54) is 0 Å². The Morgan fingerprint density at radius 2 is 2.09 bits per heavy atom. The molecule has 122 valence electrons. The van der Waals surface area contributed by atoms with Crippen LogP contribution in [0.3, 0.4) is 0 Å². The highest BCUT2D eigenvalue weighted by atomic mass is 35.5. The van der Waals surface area contributed by atoms with E-state index in [1.54, 1.807) is 24.3 Å². The van der Waals surface area contributed by atoms with Crippen LogP contribution in [0.25, 0.3) is 0 Å². The normalized spacial score (nSPS) is 23.0. The van der Waals surface area contributed by atoms with Gasteiger partial charge in [0.1, 0.15) is 0 Å². The van der Waals surface area contributed by atoms with Crippen LogP contribution in [0.15, 0.2) is 24.3 Å². The number of nitrogens with zero attached hydrogens (tertiary/aromatic N) is 2. The lowest BCUT2D eigenvalue weighted by molar-refractivity contribution is -0.0614. The van der Waals surface area contributed by atoms with Crippen LogP contribution in [0.4, 0.5) is 0 Å². The molecule has 0 bridgehead atoms. The number of carbonyl (C=O) groups excluding carboxylic acids is 1. The van der Waals surface area contributed by atoms with Gasteiger partial charge in [0.15, 0.2) is 0 Å². The second-order valence-corrected chi connectivity index (χ2v) is 6.56. The van der Waals surface area contributed by atoms with Crippen LogP contribution in [0.2, 0.25) is 5.02 Å². The third-order valence-electron chi connectivity index (χ3n) is 4.58. The molecule has 1 aliphatic rings. The first kappa shape index (κ1) is 17.3. The third kappa shape index (κ3) is 3.80. The smallest absolute Gasteiger partial charge is 0.253 e. The van der Waals surface area contributed by atoms with Crippen molar-refractivity contribution in [3.05, 3.63) is 34.9 Å². The molecule has 0 radical (unpaired) electrons. The van der Waals surface area contributed by atoms with E-state index in [9.17, 15) is 9.90 Å². The van der Waals surface area contributed by atoms with Gasteiger partial charge in [0.2, 0.25) is 0 Å². The van der Waals surface area contributed by atoms with E-state index in [0.29, 0.717) is 17.1 Å². The number of likely N-dealkylation sites (N-methyl/N-ethyl adjacent to an activating group) is 1. The molecule has 1 aromatic carbocycles. The summed E-state index contributed by atoms with van der Waals surface area (Å²) >= 11 is 5.88. The number of hydrogen-bond donors (Lipinski definition) is 1. The van der Waals surface area contributed by atoms with Gasteiger partial charge in [-0.25, -0.2) is 0 Å². The summed E-state index contributed by atoms with van der Waals surface area (Å²) in [6.07, 6.45) is 1.74. The van der Waals surface area contributed by atoms with Crippen molar-refractivity contribution in [3.63, 3.8) is 0 Å². The van der Waals surface area contributed by atoms with Crippen molar-refractivity contribution in [2.75, 3.05) is 20.1 Å². The first-order valence-corrected chi connectivity index (χ1v) is 8.26. The van der Waals surface area contributed by atoms with Gasteiger partial charge in [0.05, 0.1) is 6.10 Å². The van der Waals surface area contributed by atoms with E-state index in [0.717, 1.165) is 19.4 Å². The molecule has 1 N–H and O–H groups in total. The molecule has 1 heterocycles. The van der Waals surface area contributed by atoms with Gasteiger partial charge >= 0.3 is 0 Å². The summed E-state index contributed by atoms with van der Waals surface area (Å²) in [5.41, 5.74) is 0.657. The van der Waals surface area contributed by atoms with Crippen molar-refractivity contribution in [1.82, 2.24) is 9.80 Å². The quantitative estimate of drug-likeness (QED) is 0.875. The van der Waals surface area contributed by atoms with E-state index < -0.39 is 0 Å². The molecule has 5 heteroatoms. The topological polar surface area (TPSA) is 43.8 Å². The number of rotatable bonds is 6. The Morgan fingerprint density at radius 3 is 2.59 bits per heavy atom. The zero-order valence-corrected chi connectivity index (χ0v) is 14.3. The molecule has 1 aliphatic heterocycles. The third-order valence-corrected chi connectivity index (χ3v) is 4.83. The van der Waals surface area contributed by atoms with Crippen molar-refractivity contribution in [2.45, 2.75) is 44.9 Å². The van der Waals surface area contributed by atoms with Crippen LogP contribution in [0.5, 0.6) is 0 Å². The molecule has 0 aromatic heterocycles. The molecule has 0 aliphatic carbocycles. The fourth-order valence-corrected chi connectivity index (χ4v) is 3.00. The lowest BCUT2D eigenvalue weighted by Crippen LogP contribution is -2.61. The number of aliphatic hydroxyl groups is 1. The molecule has 3 atom stereocenters. The van der Waals surface area contributed by atoms with Gasteiger partial charge in [-0.1, -0.05) is 24.9 Å². The Hall–Kier alpha value is -1.10. The van der Waals surface area contributed by atoms with E-state index in [1.807, 2.05) is 18.9 Å². The Morgan fingerprint density at radius 1 is 1.45 bits per heavy atom. The van der Waals surface area contributed by atoms with Crippen LogP contribution in [0.1, 0.15) is 37.0 Å². The predicted octanol–water partition coefficient (Wildman–Crippen LogP) is 2.65. The summed E-state index contributed by atoms with van der Waals surface area (Å²) in [7, 11) is 1.86. The number of likely N-dealkylation sites (tertiary alicyclic amines) is 1. The second-order valence-electron chi connectivity index (χ2n) is 6.13. The Balaban J connectivity index is 2.03. The number of hydrogen-bond acceptors (Lipinski definition) is 3. The van der Waals surface area contributed by atoms with Crippen LogP contribution >= 0.6 is 11.6 Å². The van der Waals surface area contributed by atoms with Gasteiger partial charge in [-0.05, 0) is 37.6 Å². The average molecular weight is 325 g/mol. The van der Waals surface area contributed by atoms with E-state index in [4.69, 9.17) is 11.6 Å². The summed E-state index contributed by atoms with van der Waals surface area (Å²) < 4.78 is 0. The summed E-state index contributed by atoms with van der Waals surface area (Å²) in [6.45, 7) is 5.66. The Bertz CT molecular complexity index is 506. The highest BCUT2D eigenvalue weighted by Gasteiger charge is 2.36. The zero-order chi connectivity index (χ0) is 16.3. The molecule has 1 amide bonds. The second kappa shape index (κ2) is 7.44. The number of amides is 1. The predicted molar refractivity (Wildman–Crippen MR) is 89.3 cm³/mol. The van der Waals surface area contributed by atoms with Gasteiger partial charge in [-0.2, -0.15) is 0 Å². The van der Waals surface area contributed by atoms with Crippen molar-refractivity contribution in [2.24, 2.45) is 0 Å². The van der Waals surface area contributed by atoms with E-state index in [-0.39, 0.29) is 24.1 Å². The molecule has 0 unspecified atom stereocenters. The lowest BCUT2D eigenvalue weighted by atomic mass is 9.98. The van der Waals surface area contributed by atoms with Crippen molar-refractivity contribution in [1.29, 1.82) is 0 Å². The van der Waals surface area contributed by atoms with Gasteiger partial charge in [0.25, 0.3) is 5.91 Å². The van der Waals surface area contributed by atoms with Gasteiger partial charge < -0.3 is 10.0 Å². The van der Waals surface area contributed by atoms with Crippen LogP contribution in [-0.2, 0) is 0 Å². The maximum absolute atomic E-state index is 12.6. The maximum atomic E-state index is 12.6. The highest BCUT2D eigenvalue weighted by Crippen LogP contribution is 2.21. The monoisotopic (exact) mass is 324 g/mol. The molecule has 1 saturated heterocycles. The van der Waals surface area contributed by atoms with Crippen molar-refractivity contribution >= 4 is 17.5 Å². The van der Waals surface area contributed by atoms with Crippen LogP contribution in [0, 0.1) is 0 Å². The molecular formula is C17H25ClN2O2. The fourth-order valence-electron chi connectivity index (χ4n) is 2.88. The SMILES string of the molecule is CCC[C@@H](CN1C[C@@H](O)[C@@H]1C)N(C)C(=O)c1ccc(Cl)cc1. The Kier molecular flexibility index (Phi) is 5.84. The average Bonchev–Trinajstić information content (AvgIpc) is 2.52. The molecule has 4 nitrogen and oxygen atoms in total. The standard InChI is InChI=1S/C17H25ClN2O2/c1-4-5-15(10-20-11-16(21)12(20)2)19(3)17(22)13-6-8-14(18)9-7-13/h6-9,12,15-16,21H,4-5,10-11H2,1-3H3/t12-,15-,16+/m0/s1. The van der Waals surface area contributed by atoms with Crippen LogP contribution < -0.4 is 0 Å². The molecule has 22 heavy (non-hydrogen) atoms. The summed E-state index contributed by atoms with van der Waals surface area (Å²) in [4.78, 5) is 16.7. The van der Waals surface area contributed by atoms with Gasteiger partial charge in [0, 0.05) is 42.8 Å². The number of aliphatic hydroxyl groups excluding tert-OH is 1. The fraction of sp³-hybridized carbons (Fsp3) is 0.588. The minimum absolute atomic E-state index is 0.0174. The number of carbonyl (C=O) groups is 1. The summed E-state index contributed by atoms with van der Waals surface area (Å²) in [5, 5.41) is 10.3. The molecular weight excluding hydrogens is 300 g/mol. The molecule has 2 rings (SSSR count). The number of benzene rings is 1. The molecule has 1 fully saturated rings. The molecule has 0 saturated carbocycles. The first-order valence-electron chi connectivity index (χ1n) is 7.88. The largest absolute Gasteiger partial charge is 0.390 e. The molecule has 0 spiro atoms. The van der Waals surface area contributed by atoms with Gasteiger partial charge in [-0.15, -0.1) is 0 Å². The van der Waals surface area contributed by atoms with E-state index >= 15 is 0 Å². The minimum Gasteiger partial charge on any atom is -0.390 e. The minimum atomic E-state index is -0.237.